The topological polar surface area (TPSA) is 35.5 Å². The normalized spacial score (nSPS) is 55.5. The molecule has 0 bridgehead atoms. The molecule has 1 heterocycles. The summed E-state index contributed by atoms with van der Waals surface area (Å²) in [5, 5.41) is 0. The smallest absolute Gasteiger partial charge is 0.302 e. The molecule has 0 aromatic rings. The average Bonchev–Trinajstić information content (AvgIpc) is 3.21. The quantitative estimate of drug-likeness (QED) is 0.318. The number of carbonyl (C=O) groups is 1. The molecule has 0 radical (unpaired) electrons. The largest absolute Gasteiger partial charge is 0.463 e. The third-order valence-electron chi connectivity index (χ3n) is 12.7. The molecular weight excluding hydrogens is 408 g/mol. The van der Waals surface area contributed by atoms with E-state index in [1.54, 1.807) is 12.5 Å². The minimum absolute atomic E-state index is 0.106. The molecule has 0 aromatic carbocycles. The summed E-state index contributed by atoms with van der Waals surface area (Å²) in [6.07, 6.45) is 14.0. The van der Waals surface area contributed by atoms with Gasteiger partial charge in [0.15, 0.2) is 0 Å². The molecule has 5 saturated carbocycles. The van der Waals surface area contributed by atoms with E-state index in [1.165, 1.54) is 57.8 Å². The first-order valence-electron chi connectivity index (χ1n) is 14.2. The lowest BCUT2D eigenvalue weighted by atomic mass is 9.43. The summed E-state index contributed by atoms with van der Waals surface area (Å²) >= 11 is 0. The molecule has 0 N–H and O–H groups in total. The highest BCUT2D eigenvalue weighted by Crippen LogP contribution is 2.74. The summed E-state index contributed by atoms with van der Waals surface area (Å²) in [5.74, 6) is 5.29. The third kappa shape index (κ3) is 3.06. The van der Waals surface area contributed by atoms with Crippen molar-refractivity contribution < 1.29 is 14.3 Å². The number of esters is 1. The molecule has 1 saturated heterocycles. The molecule has 6 aliphatic rings. The van der Waals surface area contributed by atoms with Crippen LogP contribution in [-0.4, -0.2) is 24.3 Å². The molecule has 3 heteroatoms. The Kier molecular flexibility index (Phi) is 5.20. The van der Waals surface area contributed by atoms with Crippen molar-refractivity contribution in [3.05, 3.63) is 12.2 Å². The van der Waals surface area contributed by atoms with Gasteiger partial charge in [-0.1, -0.05) is 32.9 Å². The SMILES string of the molecule is C=C1C[C@H]2[C@@H](CC[C@H]3CC(OC(C)=O)CC[C@@]32C)[C@@H]2CC3CC4(CCCCO4)C(C)C3[C@@]12C. The number of ether oxygens (including phenoxy) is 2. The van der Waals surface area contributed by atoms with Gasteiger partial charge in [0.05, 0.1) is 5.60 Å². The fourth-order valence-corrected chi connectivity index (χ4v) is 11.2. The summed E-state index contributed by atoms with van der Waals surface area (Å²) in [4.78, 5) is 11.6. The maximum Gasteiger partial charge on any atom is 0.302 e. The lowest BCUT2D eigenvalue weighted by Crippen LogP contribution is -2.55. The van der Waals surface area contributed by atoms with Crippen molar-refractivity contribution >= 4 is 5.97 Å². The number of carbonyl (C=O) groups excluding carboxylic acids is 1. The van der Waals surface area contributed by atoms with Gasteiger partial charge in [-0.2, -0.15) is 0 Å². The fourth-order valence-electron chi connectivity index (χ4n) is 11.2. The minimum Gasteiger partial charge on any atom is -0.463 e. The monoisotopic (exact) mass is 454 g/mol. The molecule has 0 amide bonds. The Morgan fingerprint density at radius 2 is 1.91 bits per heavy atom. The van der Waals surface area contributed by atoms with Crippen LogP contribution >= 0.6 is 0 Å². The maximum absolute atomic E-state index is 11.6. The van der Waals surface area contributed by atoms with E-state index in [4.69, 9.17) is 16.1 Å². The summed E-state index contributed by atoms with van der Waals surface area (Å²) < 4.78 is 12.3. The number of allylic oxidation sites excluding steroid dienone is 1. The van der Waals surface area contributed by atoms with Gasteiger partial charge in [-0.25, -0.2) is 0 Å². The third-order valence-corrected chi connectivity index (χ3v) is 12.7. The van der Waals surface area contributed by atoms with Crippen LogP contribution in [0.15, 0.2) is 12.2 Å². The van der Waals surface area contributed by atoms with Crippen LogP contribution in [0.1, 0.15) is 98.3 Å². The van der Waals surface area contributed by atoms with Crippen molar-refractivity contribution in [2.45, 2.75) is 110 Å². The summed E-state index contributed by atoms with van der Waals surface area (Å²) in [6.45, 7) is 15.2. The Balaban J connectivity index is 1.26. The molecule has 0 aromatic heterocycles. The Bertz CT molecular complexity index is 826. The zero-order chi connectivity index (χ0) is 23.2. The highest BCUT2D eigenvalue weighted by atomic mass is 16.5. The van der Waals surface area contributed by atoms with E-state index in [2.05, 4.69) is 20.8 Å². The first-order chi connectivity index (χ1) is 15.7. The molecule has 5 aliphatic carbocycles. The van der Waals surface area contributed by atoms with Crippen LogP contribution in [0.4, 0.5) is 0 Å². The Morgan fingerprint density at radius 1 is 1.09 bits per heavy atom. The van der Waals surface area contributed by atoms with Gasteiger partial charge in [-0.05, 0) is 123 Å². The highest BCUT2D eigenvalue weighted by Gasteiger charge is 2.69. The molecule has 1 spiro atoms. The van der Waals surface area contributed by atoms with E-state index in [-0.39, 0.29) is 17.7 Å². The predicted octanol–water partition coefficient (Wildman–Crippen LogP) is 6.95. The van der Waals surface area contributed by atoms with Crippen LogP contribution in [0.5, 0.6) is 0 Å². The predicted molar refractivity (Wildman–Crippen MR) is 130 cm³/mol. The van der Waals surface area contributed by atoms with Crippen molar-refractivity contribution in [1.82, 2.24) is 0 Å². The minimum atomic E-state index is -0.106. The van der Waals surface area contributed by atoms with Crippen LogP contribution in [-0.2, 0) is 14.3 Å². The molecule has 33 heavy (non-hydrogen) atoms. The van der Waals surface area contributed by atoms with E-state index in [0.29, 0.717) is 22.7 Å². The van der Waals surface area contributed by atoms with Crippen molar-refractivity contribution in [3.63, 3.8) is 0 Å². The second-order valence-corrected chi connectivity index (χ2v) is 13.6. The molecule has 1 aliphatic heterocycles. The van der Waals surface area contributed by atoms with Gasteiger partial charge in [0.1, 0.15) is 6.10 Å². The number of hydrogen-bond donors (Lipinski definition) is 0. The second-order valence-electron chi connectivity index (χ2n) is 13.6. The van der Waals surface area contributed by atoms with Crippen molar-refractivity contribution in [1.29, 1.82) is 0 Å². The van der Waals surface area contributed by atoms with Gasteiger partial charge in [-0.3, -0.25) is 4.79 Å². The molecule has 3 nitrogen and oxygen atoms in total. The Hall–Kier alpha value is -0.830. The van der Waals surface area contributed by atoms with Crippen molar-refractivity contribution in [2.24, 2.45) is 52.3 Å². The van der Waals surface area contributed by atoms with E-state index in [0.717, 1.165) is 49.0 Å². The molecule has 6 fully saturated rings. The number of rotatable bonds is 1. The first kappa shape index (κ1) is 22.6. The first-order valence-corrected chi connectivity index (χ1v) is 14.2. The average molecular weight is 455 g/mol. The van der Waals surface area contributed by atoms with E-state index < -0.39 is 0 Å². The summed E-state index contributed by atoms with van der Waals surface area (Å²) in [6, 6.07) is 0. The maximum atomic E-state index is 11.6. The summed E-state index contributed by atoms with van der Waals surface area (Å²) in [7, 11) is 0. The fraction of sp³-hybridized carbons (Fsp3) is 0.900. The van der Waals surface area contributed by atoms with Crippen molar-refractivity contribution in [3.8, 4) is 0 Å². The zero-order valence-corrected chi connectivity index (χ0v) is 21.5. The zero-order valence-electron chi connectivity index (χ0n) is 21.5. The van der Waals surface area contributed by atoms with Gasteiger partial charge in [0.2, 0.25) is 0 Å². The Morgan fingerprint density at radius 3 is 2.64 bits per heavy atom. The standard InChI is InChI=1S/C30H46O3/c1-18-14-25-24(9-8-22-16-23(33-20(3)31)10-12-28(22,25)4)26-15-21-17-30(11-6-7-13-32-30)19(2)27(21)29(18,26)5/h19,21-27H,1,6-17H2,2-5H3/t19?,21?,22-,23?,24+,25-,26-,27?,28-,29-,30?/m0/s1. The van der Waals surface area contributed by atoms with E-state index >= 15 is 0 Å². The van der Waals surface area contributed by atoms with E-state index in [9.17, 15) is 4.79 Å². The molecule has 184 valence electrons. The number of fused-ring (bicyclic) bond motifs is 7. The van der Waals surface area contributed by atoms with Crippen LogP contribution in [0.3, 0.4) is 0 Å². The second kappa shape index (κ2) is 7.58. The van der Waals surface area contributed by atoms with Crippen molar-refractivity contribution in [2.75, 3.05) is 6.61 Å². The lowest BCUT2D eigenvalue weighted by molar-refractivity contribution is -0.158. The van der Waals surface area contributed by atoms with Gasteiger partial charge in [-0.15, -0.1) is 0 Å². The van der Waals surface area contributed by atoms with Crippen LogP contribution in [0.25, 0.3) is 0 Å². The molecular formula is C30H46O3. The van der Waals surface area contributed by atoms with Gasteiger partial charge >= 0.3 is 5.97 Å². The lowest BCUT2D eigenvalue weighted by Gasteiger charge is -2.62. The van der Waals surface area contributed by atoms with Gasteiger partial charge < -0.3 is 9.47 Å². The van der Waals surface area contributed by atoms with Crippen LogP contribution in [0, 0.1) is 52.3 Å². The van der Waals surface area contributed by atoms with Gasteiger partial charge in [0, 0.05) is 13.5 Å². The Labute approximate surface area is 201 Å². The van der Waals surface area contributed by atoms with Crippen LogP contribution < -0.4 is 0 Å². The summed E-state index contributed by atoms with van der Waals surface area (Å²) in [5.41, 5.74) is 2.43. The molecule has 11 atom stereocenters. The molecule has 5 unspecified atom stereocenters. The molecule has 6 rings (SSSR count). The van der Waals surface area contributed by atoms with E-state index in [1.807, 2.05) is 0 Å². The van der Waals surface area contributed by atoms with Crippen LogP contribution in [0.2, 0.25) is 0 Å². The van der Waals surface area contributed by atoms with Gasteiger partial charge in [0.25, 0.3) is 0 Å². The highest BCUT2D eigenvalue weighted by molar-refractivity contribution is 5.66. The number of hydrogen-bond acceptors (Lipinski definition) is 3.